The van der Waals surface area contributed by atoms with Gasteiger partial charge in [0.2, 0.25) is 11.8 Å². The molecule has 2 aromatic carbocycles. The van der Waals surface area contributed by atoms with Crippen molar-refractivity contribution >= 4 is 35.2 Å². The van der Waals surface area contributed by atoms with E-state index in [4.69, 9.17) is 33.9 Å². The van der Waals surface area contributed by atoms with Gasteiger partial charge in [0.15, 0.2) is 5.96 Å². The molecule has 4 rings (SSSR count). The van der Waals surface area contributed by atoms with Crippen molar-refractivity contribution in [2.75, 3.05) is 19.6 Å². The first kappa shape index (κ1) is 30.4. The molecule has 2 aliphatic rings. The lowest BCUT2D eigenvalue weighted by molar-refractivity contribution is -0.131. The van der Waals surface area contributed by atoms with Gasteiger partial charge in [0, 0.05) is 30.2 Å². The lowest BCUT2D eigenvalue weighted by Gasteiger charge is -2.34. The molecule has 1 heterocycles. The predicted octanol–water partition coefficient (Wildman–Crippen LogP) is 3.74. The first-order valence-corrected chi connectivity index (χ1v) is 14.9. The summed E-state index contributed by atoms with van der Waals surface area (Å²) in [4.78, 5) is 29.4. The molecule has 2 fully saturated rings. The van der Waals surface area contributed by atoms with E-state index in [0.717, 1.165) is 69.2 Å². The van der Waals surface area contributed by atoms with Gasteiger partial charge in [0.1, 0.15) is 11.9 Å². The predicted molar refractivity (Wildman–Crippen MR) is 163 cm³/mol. The van der Waals surface area contributed by atoms with E-state index in [9.17, 15) is 9.59 Å². The number of nitrogens with zero attached hydrogens (tertiary/aromatic N) is 1. The average Bonchev–Trinajstić information content (AvgIpc) is 2.98. The SMILES string of the molecule is N=C(N)c1ccc(CC(C(=O)N[C@H](C(=O)NCC2CCN(C(=N)N)CC2)C2CCCCC2)c2ccc(Cl)cc2)cc1. The summed E-state index contributed by atoms with van der Waals surface area (Å²) in [5, 5.41) is 22.2. The highest BCUT2D eigenvalue weighted by molar-refractivity contribution is 6.30. The van der Waals surface area contributed by atoms with Gasteiger partial charge in [-0.25, -0.2) is 0 Å². The highest BCUT2D eigenvalue weighted by atomic mass is 35.5. The summed E-state index contributed by atoms with van der Waals surface area (Å²) in [6.07, 6.45) is 7.23. The van der Waals surface area contributed by atoms with E-state index in [1.165, 1.54) is 0 Å². The van der Waals surface area contributed by atoms with Crippen molar-refractivity contribution in [1.29, 1.82) is 10.8 Å². The number of likely N-dealkylation sites (tertiary alicyclic amines) is 1. The number of halogens is 1. The molecule has 9 nitrogen and oxygen atoms in total. The summed E-state index contributed by atoms with van der Waals surface area (Å²) in [5.74, 6) is -0.342. The smallest absolute Gasteiger partial charge is 0.242 e. The maximum absolute atomic E-state index is 14.0. The Kier molecular flexibility index (Phi) is 10.6. The largest absolute Gasteiger partial charge is 0.384 e. The Morgan fingerprint density at radius 3 is 2.12 bits per heavy atom. The van der Waals surface area contributed by atoms with Crippen LogP contribution in [0.5, 0.6) is 0 Å². The zero-order valence-corrected chi connectivity index (χ0v) is 24.3. The Balaban J connectivity index is 1.49. The van der Waals surface area contributed by atoms with Crippen LogP contribution in [0.4, 0.5) is 0 Å². The van der Waals surface area contributed by atoms with Crippen LogP contribution in [0.3, 0.4) is 0 Å². The van der Waals surface area contributed by atoms with E-state index in [-0.39, 0.29) is 29.5 Å². The van der Waals surface area contributed by atoms with Gasteiger partial charge in [-0.1, -0.05) is 67.3 Å². The zero-order valence-electron chi connectivity index (χ0n) is 23.5. The Hall–Kier alpha value is -3.59. The molecule has 2 atom stereocenters. The number of carbonyl (C=O) groups excluding carboxylic acids is 2. The first-order valence-electron chi connectivity index (χ1n) is 14.6. The molecule has 1 aliphatic carbocycles. The minimum Gasteiger partial charge on any atom is -0.384 e. The number of amides is 2. The van der Waals surface area contributed by atoms with Gasteiger partial charge in [0.25, 0.3) is 0 Å². The average molecular weight is 580 g/mol. The number of guanidine groups is 1. The van der Waals surface area contributed by atoms with Crippen LogP contribution in [-0.2, 0) is 16.0 Å². The van der Waals surface area contributed by atoms with Crippen LogP contribution < -0.4 is 22.1 Å². The molecule has 10 heteroatoms. The van der Waals surface area contributed by atoms with Crippen molar-refractivity contribution in [3.63, 3.8) is 0 Å². The fourth-order valence-electron chi connectivity index (χ4n) is 5.96. The number of rotatable bonds is 10. The normalized spacial score (nSPS) is 17.8. The summed E-state index contributed by atoms with van der Waals surface area (Å²) in [5.41, 5.74) is 13.6. The van der Waals surface area contributed by atoms with Crippen molar-refractivity contribution in [1.82, 2.24) is 15.5 Å². The molecule has 8 N–H and O–H groups in total. The van der Waals surface area contributed by atoms with Crippen LogP contribution in [0.1, 0.15) is 67.6 Å². The lowest BCUT2D eigenvalue weighted by Crippen LogP contribution is -2.53. The Morgan fingerprint density at radius 1 is 0.902 bits per heavy atom. The summed E-state index contributed by atoms with van der Waals surface area (Å²) < 4.78 is 0. The Labute approximate surface area is 247 Å². The highest BCUT2D eigenvalue weighted by Crippen LogP contribution is 2.29. The number of nitrogen functional groups attached to an aromatic ring is 1. The van der Waals surface area contributed by atoms with E-state index in [1.807, 2.05) is 29.2 Å². The molecule has 220 valence electrons. The molecule has 0 radical (unpaired) electrons. The van der Waals surface area contributed by atoms with Gasteiger partial charge in [-0.3, -0.25) is 20.4 Å². The maximum Gasteiger partial charge on any atom is 0.242 e. The third-order valence-corrected chi connectivity index (χ3v) is 8.77. The van der Waals surface area contributed by atoms with Crippen LogP contribution in [-0.4, -0.2) is 54.2 Å². The molecule has 2 amide bonds. The number of carbonyl (C=O) groups is 2. The molecular weight excluding hydrogens is 538 g/mol. The summed E-state index contributed by atoms with van der Waals surface area (Å²) in [6, 6.07) is 14.0. The fraction of sp³-hybridized carbons (Fsp3) is 0.484. The standard InChI is InChI=1S/C31H42ClN7O2/c32-25-12-10-22(11-13-25)26(18-20-6-8-24(9-7-20)28(33)34)29(40)38-27(23-4-2-1-3-5-23)30(41)37-19-21-14-16-39(17-15-21)31(35)36/h6-13,21,23,26-27H,1-5,14-19H2,(H3,33,34)(H3,35,36)(H,37,41)(H,38,40)/t26?,27-/m0/s1. The number of piperidine rings is 1. The van der Waals surface area contributed by atoms with Crippen molar-refractivity contribution in [2.24, 2.45) is 23.3 Å². The summed E-state index contributed by atoms with van der Waals surface area (Å²) >= 11 is 6.15. The molecular formula is C31H42ClN7O2. The molecule has 1 saturated carbocycles. The van der Waals surface area contributed by atoms with Crippen LogP contribution in [0.15, 0.2) is 48.5 Å². The molecule has 1 unspecified atom stereocenters. The Morgan fingerprint density at radius 2 is 1.54 bits per heavy atom. The second-order valence-corrected chi connectivity index (χ2v) is 11.8. The van der Waals surface area contributed by atoms with Gasteiger partial charge < -0.3 is 27.0 Å². The Bertz CT molecular complexity index is 1200. The maximum atomic E-state index is 14.0. The first-order chi connectivity index (χ1) is 19.7. The van der Waals surface area contributed by atoms with E-state index in [1.54, 1.807) is 24.3 Å². The van der Waals surface area contributed by atoms with Gasteiger partial charge in [0.05, 0.1) is 5.92 Å². The van der Waals surface area contributed by atoms with E-state index < -0.39 is 12.0 Å². The zero-order chi connectivity index (χ0) is 29.4. The van der Waals surface area contributed by atoms with E-state index >= 15 is 0 Å². The van der Waals surface area contributed by atoms with Crippen molar-refractivity contribution in [3.05, 3.63) is 70.2 Å². The lowest BCUT2D eigenvalue weighted by atomic mass is 9.82. The van der Waals surface area contributed by atoms with Crippen molar-refractivity contribution in [2.45, 2.75) is 63.3 Å². The molecule has 0 aromatic heterocycles. The quantitative estimate of drug-likeness (QED) is 0.186. The minimum absolute atomic E-state index is 0.00529. The fourth-order valence-corrected chi connectivity index (χ4v) is 6.09. The number of hydrogen-bond acceptors (Lipinski definition) is 4. The molecule has 1 saturated heterocycles. The molecule has 0 spiro atoms. The second-order valence-electron chi connectivity index (χ2n) is 11.4. The second kappa shape index (κ2) is 14.3. The molecule has 2 aromatic rings. The van der Waals surface area contributed by atoms with Crippen LogP contribution in [0.2, 0.25) is 5.02 Å². The van der Waals surface area contributed by atoms with Crippen LogP contribution in [0.25, 0.3) is 0 Å². The van der Waals surface area contributed by atoms with Gasteiger partial charge in [-0.15, -0.1) is 0 Å². The molecule has 1 aliphatic heterocycles. The number of hydrogen-bond donors (Lipinski definition) is 6. The topological polar surface area (TPSA) is 161 Å². The number of nitrogens with two attached hydrogens (primary N) is 2. The number of benzene rings is 2. The van der Waals surface area contributed by atoms with Crippen molar-refractivity contribution < 1.29 is 9.59 Å². The number of nitrogens with one attached hydrogen (secondary N) is 4. The van der Waals surface area contributed by atoms with Crippen LogP contribution >= 0.6 is 11.6 Å². The number of amidine groups is 1. The van der Waals surface area contributed by atoms with E-state index in [0.29, 0.717) is 29.5 Å². The summed E-state index contributed by atoms with van der Waals surface area (Å²) in [6.45, 7) is 1.98. The monoisotopic (exact) mass is 579 g/mol. The van der Waals surface area contributed by atoms with Gasteiger partial charge in [-0.05, 0) is 67.2 Å². The van der Waals surface area contributed by atoms with Gasteiger partial charge in [-0.2, -0.15) is 0 Å². The highest BCUT2D eigenvalue weighted by Gasteiger charge is 2.34. The molecule has 0 bridgehead atoms. The van der Waals surface area contributed by atoms with Crippen LogP contribution in [0, 0.1) is 22.7 Å². The third kappa shape index (κ3) is 8.45. The van der Waals surface area contributed by atoms with Crippen molar-refractivity contribution in [3.8, 4) is 0 Å². The minimum atomic E-state index is -0.602. The van der Waals surface area contributed by atoms with E-state index in [2.05, 4.69) is 10.6 Å². The third-order valence-electron chi connectivity index (χ3n) is 8.52. The van der Waals surface area contributed by atoms with Gasteiger partial charge >= 0.3 is 0 Å². The summed E-state index contributed by atoms with van der Waals surface area (Å²) in [7, 11) is 0. The molecule has 41 heavy (non-hydrogen) atoms.